The number of aryl methyl sites for hydroxylation is 2. The highest BCUT2D eigenvalue weighted by Crippen LogP contribution is 2.28. The van der Waals surface area contributed by atoms with Gasteiger partial charge in [0.2, 0.25) is 5.91 Å². The van der Waals surface area contributed by atoms with Gasteiger partial charge in [0.1, 0.15) is 31.3 Å². The number of carbonyl (C=O) groups excluding carboxylic acids is 1. The second kappa shape index (κ2) is 11.5. The van der Waals surface area contributed by atoms with Crippen molar-refractivity contribution >= 4 is 22.3 Å². The molecule has 0 aliphatic rings. The minimum Gasteiger partial charge on any atom is -0.489 e. The molecular formula is C25H25NO8S. The normalized spacial score (nSPS) is 11.0. The fourth-order valence-electron chi connectivity index (χ4n) is 3.34. The number of carboxylic acids is 1. The summed E-state index contributed by atoms with van der Waals surface area (Å²) in [4.78, 5) is 21.8. The van der Waals surface area contributed by atoms with Gasteiger partial charge < -0.3 is 19.3 Å². The van der Waals surface area contributed by atoms with E-state index in [1.54, 1.807) is 12.1 Å². The molecule has 10 heteroatoms. The Balaban J connectivity index is 1.55. The van der Waals surface area contributed by atoms with Gasteiger partial charge >= 0.3 is 16.4 Å². The van der Waals surface area contributed by atoms with Gasteiger partial charge in [-0.05, 0) is 72.0 Å². The molecule has 0 saturated heterocycles. The first-order valence-electron chi connectivity index (χ1n) is 10.6. The van der Waals surface area contributed by atoms with Crippen LogP contribution in [0.15, 0.2) is 66.7 Å². The van der Waals surface area contributed by atoms with Gasteiger partial charge in [-0.3, -0.25) is 9.59 Å². The molecule has 3 aromatic carbocycles. The number of amides is 1. The summed E-state index contributed by atoms with van der Waals surface area (Å²) in [6.45, 7) is 2.91. The number of nitrogens with one attached hydrogen (secondary N) is 1. The lowest BCUT2D eigenvalue weighted by atomic mass is 9.95. The second-order valence-corrected chi connectivity index (χ2v) is 8.87. The van der Waals surface area contributed by atoms with Crippen molar-refractivity contribution < 1.29 is 36.2 Å². The van der Waals surface area contributed by atoms with Crippen LogP contribution in [0.25, 0.3) is 11.1 Å². The van der Waals surface area contributed by atoms with Gasteiger partial charge in [-0.15, -0.1) is 0 Å². The number of ether oxygens (including phenoxy) is 1. The summed E-state index contributed by atoms with van der Waals surface area (Å²) in [6.07, 6.45) is 0. The van der Waals surface area contributed by atoms with E-state index in [2.05, 4.69) is 42.3 Å². The van der Waals surface area contributed by atoms with Crippen LogP contribution in [0, 0.1) is 13.8 Å². The van der Waals surface area contributed by atoms with Gasteiger partial charge in [0, 0.05) is 0 Å². The molecule has 3 rings (SSSR count). The lowest BCUT2D eigenvalue weighted by Gasteiger charge is -2.12. The molecule has 35 heavy (non-hydrogen) atoms. The molecule has 1 amide bonds. The minimum atomic E-state index is -4.52. The monoisotopic (exact) mass is 499 g/mol. The SMILES string of the molecule is Cc1cccc(C)c1-c1cccc(COc2ccc(OS(=O)(=O)OCC(=O)NCC(=O)O)cc2)c1. The third-order valence-electron chi connectivity index (χ3n) is 4.90. The summed E-state index contributed by atoms with van der Waals surface area (Å²) in [7, 11) is -4.52. The Morgan fingerprint density at radius 1 is 0.914 bits per heavy atom. The third-order valence-corrected chi connectivity index (χ3v) is 5.70. The van der Waals surface area contributed by atoms with E-state index in [9.17, 15) is 18.0 Å². The van der Waals surface area contributed by atoms with Gasteiger partial charge in [-0.2, -0.15) is 8.42 Å². The molecule has 0 aromatic heterocycles. The van der Waals surface area contributed by atoms with Crippen molar-refractivity contribution in [3.05, 3.63) is 83.4 Å². The van der Waals surface area contributed by atoms with E-state index in [4.69, 9.17) is 14.0 Å². The molecule has 2 N–H and O–H groups in total. The molecular weight excluding hydrogens is 474 g/mol. The molecule has 0 saturated carbocycles. The van der Waals surface area contributed by atoms with Crippen LogP contribution >= 0.6 is 0 Å². The maximum Gasteiger partial charge on any atom is 0.449 e. The summed E-state index contributed by atoms with van der Waals surface area (Å²) >= 11 is 0. The number of benzene rings is 3. The highest BCUT2D eigenvalue weighted by Gasteiger charge is 2.17. The van der Waals surface area contributed by atoms with Crippen molar-refractivity contribution in [2.75, 3.05) is 13.2 Å². The predicted molar refractivity (Wildman–Crippen MR) is 128 cm³/mol. The fourth-order valence-corrected chi connectivity index (χ4v) is 3.98. The van der Waals surface area contributed by atoms with Crippen molar-refractivity contribution in [2.24, 2.45) is 0 Å². The number of rotatable bonds is 11. The van der Waals surface area contributed by atoms with Crippen LogP contribution in [0.3, 0.4) is 0 Å². The third kappa shape index (κ3) is 7.83. The van der Waals surface area contributed by atoms with Gasteiger partial charge in [0.15, 0.2) is 0 Å². The van der Waals surface area contributed by atoms with Crippen molar-refractivity contribution in [3.63, 3.8) is 0 Å². The number of hydrogen-bond acceptors (Lipinski definition) is 7. The van der Waals surface area contributed by atoms with Crippen LogP contribution in [0.1, 0.15) is 16.7 Å². The van der Waals surface area contributed by atoms with Gasteiger partial charge in [-0.25, -0.2) is 4.18 Å². The topological polar surface area (TPSA) is 128 Å². The molecule has 3 aromatic rings. The molecule has 0 aliphatic heterocycles. The number of aliphatic carboxylic acids is 1. The number of hydrogen-bond donors (Lipinski definition) is 2. The van der Waals surface area contributed by atoms with Crippen molar-refractivity contribution in [2.45, 2.75) is 20.5 Å². The van der Waals surface area contributed by atoms with Crippen molar-refractivity contribution in [3.8, 4) is 22.6 Å². The van der Waals surface area contributed by atoms with Crippen molar-refractivity contribution in [1.82, 2.24) is 5.32 Å². The Hall–Kier alpha value is -3.89. The van der Waals surface area contributed by atoms with Crippen molar-refractivity contribution in [1.29, 1.82) is 0 Å². The van der Waals surface area contributed by atoms with Crippen LogP contribution in [0.5, 0.6) is 11.5 Å². The van der Waals surface area contributed by atoms with Gasteiger partial charge in [0.25, 0.3) is 0 Å². The van der Waals surface area contributed by atoms with E-state index in [1.165, 1.54) is 28.8 Å². The number of carbonyl (C=O) groups is 2. The summed E-state index contributed by atoms with van der Waals surface area (Å²) in [5.41, 5.74) is 5.66. The Morgan fingerprint density at radius 3 is 2.20 bits per heavy atom. The average molecular weight is 500 g/mol. The van der Waals surface area contributed by atoms with Crippen LogP contribution < -0.4 is 14.2 Å². The zero-order valence-electron chi connectivity index (χ0n) is 19.2. The highest BCUT2D eigenvalue weighted by atomic mass is 32.3. The van der Waals surface area contributed by atoms with E-state index in [0.717, 1.165) is 11.1 Å². The summed E-state index contributed by atoms with van der Waals surface area (Å²) in [5.74, 6) is -1.72. The first kappa shape index (κ1) is 25.7. The van der Waals surface area contributed by atoms with E-state index in [-0.39, 0.29) is 5.75 Å². The molecule has 9 nitrogen and oxygen atoms in total. The molecule has 0 aliphatic carbocycles. The molecule has 0 spiro atoms. The summed E-state index contributed by atoms with van der Waals surface area (Å²) in [5, 5.41) is 10.5. The Bertz CT molecular complexity index is 1280. The lowest BCUT2D eigenvalue weighted by molar-refractivity contribution is -0.138. The molecule has 0 radical (unpaired) electrons. The molecule has 0 bridgehead atoms. The number of carboxylic acid groups (broad SMARTS) is 1. The fraction of sp³-hybridized carbons (Fsp3) is 0.200. The van der Waals surface area contributed by atoms with E-state index >= 15 is 0 Å². The van der Waals surface area contributed by atoms with Crippen LogP contribution in [-0.4, -0.2) is 38.6 Å². The van der Waals surface area contributed by atoms with Gasteiger partial charge in [0.05, 0.1) is 0 Å². The highest BCUT2D eigenvalue weighted by molar-refractivity contribution is 7.82. The zero-order chi connectivity index (χ0) is 25.4. The maximum absolute atomic E-state index is 11.9. The molecule has 0 heterocycles. The lowest BCUT2D eigenvalue weighted by Crippen LogP contribution is -2.33. The predicted octanol–water partition coefficient (Wildman–Crippen LogP) is 3.39. The second-order valence-electron chi connectivity index (χ2n) is 7.65. The molecule has 184 valence electrons. The van der Waals surface area contributed by atoms with Crippen LogP contribution in [-0.2, 0) is 30.8 Å². The van der Waals surface area contributed by atoms with Crippen LogP contribution in [0.2, 0.25) is 0 Å². The molecule has 0 unspecified atom stereocenters. The average Bonchev–Trinajstić information content (AvgIpc) is 2.81. The van der Waals surface area contributed by atoms with E-state index < -0.39 is 35.4 Å². The molecule has 0 atom stereocenters. The first-order valence-corrected chi connectivity index (χ1v) is 11.9. The standard InChI is InChI=1S/C25H25NO8S/c1-17-5-3-6-18(2)25(17)20-8-4-7-19(13-20)15-32-21-9-11-22(12-10-21)34-35(30,31)33-16-23(27)26-14-24(28)29/h3-13H,14-16H2,1-2H3,(H,26,27)(H,28,29). The minimum absolute atomic E-state index is 0.0414. The molecule has 0 fully saturated rings. The Morgan fingerprint density at radius 2 is 1.54 bits per heavy atom. The smallest absolute Gasteiger partial charge is 0.449 e. The first-order chi connectivity index (χ1) is 16.6. The van der Waals surface area contributed by atoms with E-state index in [1.807, 2.05) is 23.5 Å². The zero-order valence-corrected chi connectivity index (χ0v) is 20.0. The van der Waals surface area contributed by atoms with Gasteiger partial charge in [-0.1, -0.05) is 36.4 Å². The van der Waals surface area contributed by atoms with Crippen LogP contribution in [0.4, 0.5) is 0 Å². The summed E-state index contributed by atoms with van der Waals surface area (Å²) in [6, 6.07) is 20.1. The van der Waals surface area contributed by atoms with E-state index in [0.29, 0.717) is 12.4 Å². The quantitative estimate of drug-likeness (QED) is 0.411. The maximum atomic E-state index is 11.9. The Labute approximate surface area is 203 Å². The Kier molecular flexibility index (Phi) is 8.45. The summed E-state index contributed by atoms with van der Waals surface area (Å²) < 4.78 is 38.8. The largest absolute Gasteiger partial charge is 0.489 e.